The molecule has 0 unspecified atom stereocenters. The lowest BCUT2D eigenvalue weighted by molar-refractivity contribution is -0.134. The van der Waals surface area contributed by atoms with Crippen LogP contribution in [0, 0.1) is 0 Å². The molecule has 0 saturated heterocycles. The quantitative estimate of drug-likeness (QED) is 0.533. The van der Waals surface area contributed by atoms with Gasteiger partial charge in [0.25, 0.3) is 5.97 Å². The maximum absolute atomic E-state index is 9.00. The Hall–Kier alpha value is -0.610. The van der Waals surface area contributed by atoms with Crippen molar-refractivity contribution in [3.8, 4) is 0 Å². The van der Waals surface area contributed by atoms with Crippen molar-refractivity contribution < 1.29 is 20.1 Å². The zero-order chi connectivity index (χ0) is 9.28. The number of unbranched alkanes of at least 4 members (excludes halogenated alkanes) is 1. The highest BCUT2D eigenvalue weighted by Crippen LogP contribution is 1.95. The van der Waals surface area contributed by atoms with Crippen LogP contribution in [0.15, 0.2) is 0 Å². The summed E-state index contributed by atoms with van der Waals surface area (Å²) in [4.78, 5) is 9.00. The van der Waals surface area contributed by atoms with E-state index in [4.69, 9.17) is 20.1 Å². The molecule has 0 rings (SSSR count). The number of hydrogen-bond acceptors (Lipinski definition) is 3. The number of carboxylic acids is 1. The first-order chi connectivity index (χ1) is 5.00. The Morgan fingerprint density at radius 2 is 1.82 bits per heavy atom. The van der Waals surface area contributed by atoms with Crippen molar-refractivity contribution in [2.45, 2.75) is 39.4 Å². The molecule has 0 atom stereocenters. The summed E-state index contributed by atoms with van der Waals surface area (Å²) in [7, 11) is 0. The molecule has 0 aromatic carbocycles. The second-order valence-corrected chi connectivity index (χ2v) is 2.14. The van der Waals surface area contributed by atoms with Crippen LogP contribution in [0.1, 0.15) is 33.1 Å². The molecule has 0 fully saturated rings. The van der Waals surface area contributed by atoms with Gasteiger partial charge in [0.15, 0.2) is 6.29 Å². The fourth-order valence-electron chi connectivity index (χ4n) is 0.387. The molecule has 68 valence electrons. The van der Waals surface area contributed by atoms with Crippen LogP contribution in [0.5, 0.6) is 0 Å². The zero-order valence-corrected chi connectivity index (χ0v) is 6.95. The van der Waals surface area contributed by atoms with Crippen LogP contribution in [0.3, 0.4) is 0 Å². The lowest BCUT2D eigenvalue weighted by atomic mass is 10.2. The maximum atomic E-state index is 9.00. The summed E-state index contributed by atoms with van der Waals surface area (Å²) in [5.41, 5.74) is 0. The van der Waals surface area contributed by atoms with E-state index in [9.17, 15) is 0 Å². The summed E-state index contributed by atoms with van der Waals surface area (Å²) < 4.78 is 0. The summed E-state index contributed by atoms with van der Waals surface area (Å²) in [6.07, 6.45) is 1.34. The summed E-state index contributed by atoms with van der Waals surface area (Å²) in [6.45, 7) is 3.10. The second kappa shape index (κ2) is 9.39. The molecule has 0 aromatic heterocycles. The standard InChI is InChI=1S/C5H12O2.C2H4O2/c1-2-3-4-5(6)7;1-2(3)4/h5-7H,2-4H2,1H3;1H3,(H,3,4). The summed E-state index contributed by atoms with van der Waals surface area (Å²) in [5, 5.41) is 23.9. The van der Waals surface area contributed by atoms with E-state index in [1.54, 1.807) is 0 Å². The first-order valence-corrected chi connectivity index (χ1v) is 3.56. The van der Waals surface area contributed by atoms with Crippen molar-refractivity contribution in [1.29, 1.82) is 0 Å². The lowest BCUT2D eigenvalue weighted by Crippen LogP contribution is -2.02. The highest BCUT2D eigenvalue weighted by atomic mass is 16.5. The molecule has 0 bridgehead atoms. The Balaban J connectivity index is 0. The molecule has 0 aliphatic carbocycles. The number of aliphatic hydroxyl groups is 2. The Kier molecular flexibility index (Phi) is 11.1. The monoisotopic (exact) mass is 164 g/mol. The van der Waals surface area contributed by atoms with Gasteiger partial charge < -0.3 is 15.3 Å². The van der Waals surface area contributed by atoms with E-state index in [2.05, 4.69) is 0 Å². The molecule has 0 saturated carbocycles. The van der Waals surface area contributed by atoms with Crippen molar-refractivity contribution in [2.75, 3.05) is 0 Å². The largest absolute Gasteiger partial charge is 0.481 e. The van der Waals surface area contributed by atoms with Crippen molar-refractivity contribution in [3.63, 3.8) is 0 Å². The summed E-state index contributed by atoms with van der Waals surface area (Å²) >= 11 is 0. The first-order valence-electron chi connectivity index (χ1n) is 3.56. The van der Waals surface area contributed by atoms with Crippen molar-refractivity contribution >= 4 is 5.97 Å². The van der Waals surface area contributed by atoms with Crippen LogP contribution < -0.4 is 0 Å². The SMILES string of the molecule is CC(=O)O.CCCCC(O)O. The number of aliphatic carboxylic acids is 1. The summed E-state index contributed by atoms with van der Waals surface area (Å²) in [6, 6.07) is 0. The molecule has 11 heavy (non-hydrogen) atoms. The molecule has 0 radical (unpaired) electrons. The van der Waals surface area contributed by atoms with Crippen LogP contribution in [0.2, 0.25) is 0 Å². The zero-order valence-electron chi connectivity index (χ0n) is 6.95. The van der Waals surface area contributed by atoms with Gasteiger partial charge in [-0.2, -0.15) is 0 Å². The van der Waals surface area contributed by atoms with Gasteiger partial charge in [0.1, 0.15) is 0 Å². The maximum Gasteiger partial charge on any atom is 0.300 e. The van der Waals surface area contributed by atoms with Crippen molar-refractivity contribution in [1.82, 2.24) is 0 Å². The van der Waals surface area contributed by atoms with Gasteiger partial charge in [0, 0.05) is 6.92 Å². The fraction of sp³-hybridized carbons (Fsp3) is 0.857. The smallest absolute Gasteiger partial charge is 0.300 e. The van der Waals surface area contributed by atoms with Crippen molar-refractivity contribution in [2.24, 2.45) is 0 Å². The van der Waals surface area contributed by atoms with E-state index < -0.39 is 12.3 Å². The third kappa shape index (κ3) is 44.6. The van der Waals surface area contributed by atoms with E-state index >= 15 is 0 Å². The molecule has 3 N–H and O–H groups in total. The van der Waals surface area contributed by atoms with Gasteiger partial charge in [-0.05, 0) is 12.8 Å². The second-order valence-electron chi connectivity index (χ2n) is 2.14. The molecule has 0 spiro atoms. The summed E-state index contributed by atoms with van der Waals surface area (Å²) in [5.74, 6) is -0.833. The minimum absolute atomic E-state index is 0.510. The molecule has 4 heteroatoms. The Bertz CT molecular complexity index is 86.4. The van der Waals surface area contributed by atoms with Crippen LogP contribution in [0.25, 0.3) is 0 Å². The lowest BCUT2D eigenvalue weighted by Gasteiger charge is -1.97. The van der Waals surface area contributed by atoms with Crippen LogP contribution in [-0.2, 0) is 4.79 Å². The number of carbonyl (C=O) groups is 1. The molecule has 0 aliphatic heterocycles. The van der Waals surface area contributed by atoms with Crippen LogP contribution >= 0.6 is 0 Å². The third-order valence-electron chi connectivity index (χ3n) is 0.816. The molecule has 4 nitrogen and oxygen atoms in total. The molecular formula is C7H16O4. The Morgan fingerprint density at radius 1 is 1.45 bits per heavy atom. The molecule has 0 aliphatic rings. The Morgan fingerprint density at radius 3 is 1.91 bits per heavy atom. The van der Waals surface area contributed by atoms with E-state index in [1.165, 1.54) is 0 Å². The van der Waals surface area contributed by atoms with Gasteiger partial charge in [-0.1, -0.05) is 13.3 Å². The number of rotatable bonds is 3. The van der Waals surface area contributed by atoms with Gasteiger partial charge in [-0.25, -0.2) is 0 Å². The van der Waals surface area contributed by atoms with Gasteiger partial charge in [0.05, 0.1) is 0 Å². The predicted octanol–water partition coefficient (Wildman–Crippen LogP) is 0.578. The van der Waals surface area contributed by atoms with Gasteiger partial charge >= 0.3 is 0 Å². The van der Waals surface area contributed by atoms with E-state index in [-0.39, 0.29) is 0 Å². The average molecular weight is 164 g/mol. The van der Waals surface area contributed by atoms with Gasteiger partial charge in [-0.3, -0.25) is 4.79 Å². The van der Waals surface area contributed by atoms with E-state index in [0.29, 0.717) is 6.42 Å². The highest BCUT2D eigenvalue weighted by Gasteiger charge is 1.92. The minimum atomic E-state index is -1.10. The molecular weight excluding hydrogens is 148 g/mol. The number of hydrogen-bond donors (Lipinski definition) is 3. The highest BCUT2D eigenvalue weighted by molar-refractivity contribution is 5.62. The topological polar surface area (TPSA) is 77.8 Å². The first kappa shape index (κ1) is 13.0. The van der Waals surface area contributed by atoms with Gasteiger partial charge in [-0.15, -0.1) is 0 Å². The van der Waals surface area contributed by atoms with E-state index in [1.807, 2.05) is 6.92 Å². The van der Waals surface area contributed by atoms with Gasteiger partial charge in [0.2, 0.25) is 0 Å². The number of aliphatic hydroxyl groups excluding tert-OH is 1. The van der Waals surface area contributed by atoms with Crippen LogP contribution in [0.4, 0.5) is 0 Å². The molecule has 0 heterocycles. The third-order valence-corrected chi connectivity index (χ3v) is 0.816. The normalized spacial score (nSPS) is 8.82. The number of carboxylic acid groups (broad SMARTS) is 1. The van der Waals surface area contributed by atoms with Crippen molar-refractivity contribution in [3.05, 3.63) is 0 Å². The Labute approximate surface area is 66.5 Å². The predicted molar refractivity (Wildman–Crippen MR) is 41.1 cm³/mol. The molecule has 0 aromatic rings. The fourth-order valence-corrected chi connectivity index (χ4v) is 0.387. The van der Waals surface area contributed by atoms with E-state index in [0.717, 1.165) is 19.8 Å². The molecule has 0 amide bonds. The average Bonchev–Trinajstić information content (AvgIpc) is 1.82. The van der Waals surface area contributed by atoms with Crippen LogP contribution in [-0.4, -0.2) is 27.6 Å². The minimum Gasteiger partial charge on any atom is -0.481 e.